The summed E-state index contributed by atoms with van der Waals surface area (Å²) in [6, 6.07) is 5.90. The molecule has 5 heterocycles. The predicted octanol–water partition coefficient (Wildman–Crippen LogP) is 4.26. The molecule has 0 radical (unpaired) electrons. The second-order valence-electron chi connectivity index (χ2n) is 7.64. The van der Waals surface area contributed by atoms with Gasteiger partial charge in [-0.3, -0.25) is 0 Å². The first-order valence-corrected chi connectivity index (χ1v) is 9.94. The zero-order valence-electron chi connectivity index (χ0n) is 17.1. The van der Waals surface area contributed by atoms with Crippen molar-refractivity contribution in [2.45, 2.75) is 26.8 Å². The molecule has 1 aliphatic rings. The molecule has 4 aromatic rings. The van der Waals surface area contributed by atoms with Crippen LogP contribution in [0.3, 0.4) is 0 Å². The average molecular weight is 407 g/mol. The molecule has 4 aromatic heterocycles. The van der Waals surface area contributed by atoms with Crippen LogP contribution in [-0.2, 0) is 4.74 Å². The van der Waals surface area contributed by atoms with Gasteiger partial charge in [0.15, 0.2) is 0 Å². The number of aromatic nitrogens is 4. The Morgan fingerprint density at radius 2 is 2.10 bits per heavy atom. The van der Waals surface area contributed by atoms with Crippen LogP contribution in [0.4, 0.5) is 10.2 Å². The normalized spacial score (nSPS) is 17.1. The van der Waals surface area contributed by atoms with E-state index in [1.54, 1.807) is 6.20 Å². The fourth-order valence-corrected chi connectivity index (χ4v) is 4.15. The van der Waals surface area contributed by atoms with Crippen molar-refractivity contribution in [1.82, 2.24) is 20.1 Å². The summed E-state index contributed by atoms with van der Waals surface area (Å²) in [4.78, 5) is 14.1. The zero-order chi connectivity index (χ0) is 20.8. The predicted molar refractivity (Wildman–Crippen MR) is 112 cm³/mol. The molecule has 30 heavy (non-hydrogen) atoms. The van der Waals surface area contributed by atoms with E-state index in [1.807, 2.05) is 32.0 Å². The molecule has 1 N–H and O–H groups in total. The summed E-state index contributed by atoms with van der Waals surface area (Å²) in [6.45, 7) is 7.83. The van der Waals surface area contributed by atoms with Gasteiger partial charge in [0.05, 0.1) is 47.9 Å². The standard InChI is InChI=1S/C22H22FN5O2/c1-12-11-29-7-6-28(12)19-9-15(20-13(2)27-30-14(20)3)8-17(26-19)21-16-4-5-24-18(16)10-25-22(21)23/h4-5,8-10,12,24H,6-7,11H2,1-3H3/t12-/m1/s1. The smallest absolute Gasteiger partial charge is 0.223 e. The number of aromatic amines is 1. The van der Waals surface area contributed by atoms with Crippen molar-refractivity contribution in [3.63, 3.8) is 0 Å². The summed E-state index contributed by atoms with van der Waals surface area (Å²) in [6.07, 6.45) is 3.27. The molecule has 1 fully saturated rings. The molecular weight excluding hydrogens is 385 g/mol. The van der Waals surface area contributed by atoms with Gasteiger partial charge in [-0.25, -0.2) is 9.97 Å². The van der Waals surface area contributed by atoms with Crippen LogP contribution in [0, 0.1) is 19.8 Å². The van der Waals surface area contributed by atoms with Crippen molar-refractivity contribution in [3.05, 3.63) is 48.0 Å². The summed E-state index contributed by atoms with van der Waals surface area (Å²) >= 11 is 0. The van der Waals surface area contributed by atoms with Crippen LogP contribution in [0.1, 0.15) is 18.4 Å². The number of ether oxygens (including phenoxy) is 1. The summed E-state index contributed by atoms with van der Waals surface area (Å²) in [7, 11) is 0. The topological polar surface area (TPSA) is 80.1 Å². The summed E-state index contributed by atoms with van der Waals surface area (Å²) in [5, 5.41) is 4.83. The van der Waals surface area contributed by atoms with E-state index in [4.69, 9.17) is 14.2 Å². The van der Waals surface area contributed by atoms with Gasteiger partial charge in [0.25, 0.3) is 0 Å². The number of H-pyrrole nitrogens is 1. The minimum Gasteiger partial charge on any atom is -0.377 e. The lowest BCUT2D eigenvalue weighted by Crippen LogP contribution is -2.44. The molecule has 154 valence electrons. The Morgan fingerprint density at radius 3 is 2.87 bits per heavy atom. The average Bonchev–Trinajstić information content (AvgIpc) is 3.34. The number of rotatable bonds is 3. The van der Waals surface area contributed by atoms with Crippen molar-refractivity contribution in [1.29, 1.82) is 0 Å². The molecule has 0 aliphatic carbocycles. The number of halogens is 1. The zero-order valence-corrected chi connectivity index (χ0v) is 17.1. The Morgan fingerprint density at radius 1 is 1.23 bits per heavy atom. The lowest BCUT2D eigenvalue weighted by atomic mass is 10.0. The molecule has 1 saturated heterocycles. The minimum atomic E-state index is -0.550. The third kappa shape index (κ3) is 3.04. The third-order valence-corrected chi connectivity index (χ3v) is 5.61. The largest absolute Gasteiger partial charge is 0.377 e. The van der Waals surface area contributed by atoms with Crippen LogP contribution in [0.2, 0.25) is 0 Å². The fraction of sp³-hybridized carbons (Fsp3) is 0.318. The van der Waals surface area contributed by atoms with Gasteiger partial charge in [-0.1, -0.05) is 5.16 Å². The number of nitrogens with one attached hydrogen (secondary N) is 1. The van der Waals surface area contributed by atoms with E-state index in [0.29, 0.717) is 36.8 Å². The molecule has 8 heteroatoms. The first kappa shape index (κ1) is 18.7. The molecule has 0 bridgehead atoms. The molecule has 0 unspecified atom stereocenters. The Hall–Kier alpha value is -3.26. The number of aryl methyl sites for hydroxylation is 2. The van der Waals surface area contributed by atoms with Crippen LogP contribution >= 0.6 is 0 Å². The van der Waals surface area contributed by atoms with Crippen molar-refractivity contribution >= 4 is 16.7 Å². The van der Waals surface area contributed by atoms with Gasteiger partial charge >= 0.3 is 0 Å². The van der Waals surface area contributed by atoms with Gasteiger partial charge in [-0.2, -0.15) is 4.39 Å². The number of hydrogen-bond donors (Lipinski definition) is 1. The second kappa shape index (κ2) is 7.21. The van der Waals surface area contributed by atoms with E-state index in [-0.39, 0.29) is 6.04 Å². The minimum absolute atomic E-state index is 0.157. The Labute approximate surface area is 172 Å². The number of anilines is 1. The summed E-state index contributed by atoms with van der Waals surface area (Å²) < 4.78 is 25.9. The van der Waals surface area contributed by atoms with Crippen LogP contribution in [0.25, 0.3) is 33.3 Å². The molecule has 0 aromatic carbocycles. The van der Waals surface area contributed by atoms with Crippen LogP contribution in [-0.4, -0.2) is 45.9 Å². The molecule has 7 nitrogen and oxygen atoms in total. The number of hydrogen-bond acceptors (Lipinski definition) is 6. The van der Waals surface area contributed by atoms with Crippen molar-refractivity contribution in [2.75, 3.05) is 24.7 Å². The van der Waals surface area contributed by atoms with Gasteiger partial charge in [-0.15, -0.1) is 0 Å². The van der Waals surface area contributed by atoms with Crippen LogP contribution in [0.15, 0.2) is 35.1 Å². The maximum Gasteiger partial charge on any atom is 0.223 e. The van der Waals surface area contributed by atoms with Gasteiger partial charge in [-0.05, 0) is 44.5 Å². The highest BCUT2D eigenvalue weighted by Crippen LogP contribution is 2.36. The van der Waals surface area contributed by atoms with E-state index < -0.39 is 5.95 Å². The van der Waals surface area contributed by atoms with E-state index in [9.17, 15) is 4.39 Å². The van der Waals surface area contributed by atoms with Crippen molar-refractivity contribution in [3.8, 4) is 22.4 Å². The van der Waals surface area contributed by atoms with Gasteiger partial charge in [0.2, 0.25) is 5.95 Å². The molecule has 5 rings (SSSR count). The van der Waals surface area contributed by atoms with Crippen molar-refractivity contribution in [2.24, 2.45) is 0 Å². The number of fused-ring (bicyclic) bond motifs is 1. The maximum atomic E-state index is 14.9. The fourth-order valence-electron chi connectivity index (χ4n) is 4.15. The second-order valence-corrected chi connectivity index (χ2v) is 7.64. The van der Waals surface area contributed by atoms with Crippen molar-refractivity contribution < 1.29 is 13.7 Å². The van der Waals surface area contributed by atoms with Crippen LogP contribution in [0.5, 0.6) is 0 Å². The van der Waals surface area contributed by atoms with Crippen LogP contribution < -0.4 is 4.90 Å². The highest BCUT2D eigenvalue weighted by atomic mass is 19.1. The lowest BCUT2D eigenvalue weighted by molar-refractivity contribution is 0.0985. The quantitative estimate of drug-likeness (QED) is 0.511. The van der Waals surface area contributed by atoms with E-state index in [1.165, 1.54) is 6.20 Å². The van der Waals surface area contributed by atoms with E-state index in [0.717, 1.165) is 33.5 Å². The summed E-state index contributed by atoms with van der Waals surface area (Å²) in [5.74, 6) is 0.931. The molecule has 0 saturated carbocycles. The van der Waals surface area contributed by atoms with E-state index >= 15 is 0 Å². The highest BCUT2D eigenvalue weighted by Gasteiger charge is 2.24. The number of morpholine rings is 1. The Balaban J connectivity index is 1.76. The molecule has 0 spiro atoms. The Kier molecular flexibility index (Phi) is 4.51. The number of nitrogens with zero attached hydrogens (tertiary/aromatic N) is 4. The molecule has 0 amide bonds. The molecule has 1 atom stereocenters. The Bertz CT molecular complexity index is 1210. The summed E-state index contributed by atoms with van der Waals surface area (Å²) in [5.41, 5.74) is 4.23. The molecular formula is C22H22FN5O2. The third-order valence-electron chi connectivity index (χ3n) is 5.61. The monoisotopic (exact) mass is 407 g/mol. The van der Waals surface area contributed by atoms with Gasteiger partial charge < -0.3 is 19.1 Å². The van der Waals surface area contributed by atoms with E-state index in [2.05, 4.69) is 26.9 Å². The first-order valence-electron chi connectivity index (χ1n) is 9.94. The maximum absolute atomic E-state index is 14.9. The van der Waals surface area contributed by atoms with Gasteiger partial charge in [0.1, 0.15) is 11.6 Å². The SMILES string of the molecule is Cc1noc(C)c1-c1cc(-c2c(F)ncc3[nH]ccc23)nc(N2CCOC[C@H]2C)c1. The number of pyridine rings is 2. The lowest BCUT2D eigenvalue weighted by Gasteiger charge is -2.34. The first-order chi connectivity index (χ1) is 14.5. The highest BCUT2D eigenvalue weighted by molar-refractivity contribution is 5.94. The van der Waals surface area contributed by atoms with Gasteiger partial charge in [0, 0.05) is 23.7 Å². The molecule has 1 aliphatic heterocycles.